The van der Waals surface area contributed by atoms with E-state index in [9.17, 15) is 0 Å². The number of nitrogens with zero attached hydrogens (tertiary/aromatic N) is 3. The fraction of sp³-hybridized carbons (Fsp3) is 0.118. The topological polar surface area (TPSA) is 14.8 Å². The van der Waals surface area contributed by atoms with Gasteiger partial charge in [0.25, 0.3) is 0 Å². The van der Waals surface area contributed by atoms with Gasteiger partial charge in [0.2, 0.25) is 0 Å². The number of rotatable bonds is 2. The van der Waals surface area contributed by atoms with Crippen LogP contribution in [0.2, 0.25) is 0 Å². The highest BCUT2D eigenvalue weighted by atomic mass is 15.0. The highest BCUT2D eigenvalue weighted by molar-refractivity contribution is 6.18. The van der Waals surface area contributed by atoms with Gasteiger partial charge in [-0.1, -0.05) is 48.5 Å². The summed E-state index contributed by atoms with van der Waals surface area (Å²) in [5.41, 5.74) is 10.4. The molecule has 0 saturated heterocycles. The average molecular weight is 478 g/mol. The van der Waals surface area contributed by atoms with Crippen molar-refractivity contribution in [1.29, 1.82) is 0 Å². The van der Waals surface area contributed by atoms with Crippen LogP contribution in [-0.2, 0) is 27.6 Å². The first-order valence-corrected chi connectivity index (χ1v) is 12.9. The molecule has 5 aromatic carbocycles. The van der Waals surface area contributed by atoms with E-state index in [1.165, 1.54) is 76.5 Å². The Balaban J connectivity index is 1.29. The van der Waals surface area contributed by atoms with Crippen molar-refractivity contribution in [3.8, 4) is 0 Å². The first-order valence-electron chi connectivity index (χ1n) is 12.9. The molecule has 37 heavy (non-hydrogen) atoms. The molecule has 0 unspecified atom stereocenters. The number of aryl methyl sites for hydroxylation is 3. The monoisotopic (exact) mass is 477 g/mol. The maximum Gasteiger partial charge on any atom is 0.0496 e. The van der Waals surface area contributed by atoms with Gasteiger partial charge in [0.15, 0.2) is 0 Å². The fourth-order valence-corrected chi connectivity index (χ4v) is 6.58. The summed E-state index contributed by atoms with van der Waals surface area (Å²) in [6, 6.07) is 36.1. The molecule has 178 valence electrons. The summed E-state index contributed by atoms with van der Waals surface area (Å²) in [7, 11) is 6.53. The summed E-state index contributed by atoms with van der Waals surface area (Å²) < 4.78 is 6.97. The van der Waals surface area contributed by atoms with E-state index in [-0.39, 0.29) is 0 Å². The number of benzene rings is 5. The molecule has 3 heterocycles. The molecule has 3 nitrogen and oxygen atoms in total. The second-order valence-corrected chi connectivity index (χ2v) is 10.5. The largest absolute Gasteiger partial charge is 0.344 e. The third-order valence-corrected chi connectivity index (χ3v) is 8.49. The molecule has 0 aliphatic heterocycles. The third-order valence-electron chi connectivity index (χ3n) is 8.49. The molecule has 8 aromatic rings. The number of hydrogen-bond donors (Lipinski definition) is 0. The zero-order chi connectivity index (χ0) is 24.8. The van der Waals surface area contributed by atoms with Crippen LogP contribution in [-0.4, -0.2) is 13.7 Å². The Hall–Kier alpha value is -4.50. The van der Waals surface area contributed by atoms with Crippen LogP contribution in [0.5, 0.6) is 0 Å². The summed E-state index contributed by atoms with van der Waals surface area (Å²) in [6.07, 6.45) is 0.918. The van der Waals surface area contributed by atoms with E-state index in [1.807, 2.05) is 0 Å². The molecule has 0 aliphatic carbocycles. The lowest BCUT2D eigenvalue weighted by Gasteiger charge is -2.05. The van der Waals surface area contributed by atoms with Gasteiger partial charge in [-0.15, -0.1) is 0 Å². The van der Waals surface area contributed by atoms with Crippen LogP contribution in [0.25, 0.3) is 65.4 Å². The highest BCUT2D eigenvalue weighted by Crippen LogP contribution is 2.37. The molecular formula is C34H27N3. The van der Waals surface area contributed by atoms with Crippen molar-refractivity contribution in [2.75, 3.05) is 0 Å². The summed E-state index contributed by atoms with van der Waals surface area (Å²) >= 11 is 0. The second-order valence-electron chi connectivity index (χ2n) is 10.5. The molecule has 3 heteroatoms. The van der Waals surface area contributed by atoms with E-state index in [2.05, 4.69) is 132 Å². The van der Waals surface area contributed by atoms with E-state index in [1.54, 1.807) is 0 Å². The van der Waals surface area contributed by atoms with Crippen LogP contribution < -0.4 is 0 Å². The lowest BCUT2D eigenvalue weighted by molar-refractivity contribution is 1.01. The normalized spacial score (nSPS) is 12.3. The van der Waals surface area contributed by atoms with Crippen molar-refractivity contribution < 1.29 is 0 Å². The minimum atomic E-state index is 0.918. The predicted octanol–water partition coefficient (Wildman–Crippen LogP) is 8.21. The quantitative estimate of drug-likeness (QED) is 0.238. The van der Waals surface area contributed by atoms with E-state index < -0.39 is 0 Å². The van der Waals surface area contributed by atoms with Crippen LogP contribution in [0.1, 0.15) is 11.1 Å². The maximum atomic E-state index is 2.40. The Morgan fingerprint density at radius 2 is 0.757 bits per heavy atom. The molecule has 0 atom stereocenters. The number of para-hydroxylation sites is 2. The number of aromatic nitrogens is 3. The Kier molecular flexibility index (Phi) is 4.06. The van der Waals surface area contributed by atoms with Crippen LogP contribution >= 0.6 is 0 Å². The SMILES string of the molecule is Cn1c2ccccc2c2cc(Cc3ccc4c(c3)c3cc5c(cc3n4C)c3ccccc3n5C)ccc21. The summed E-state index contributed by atoms with van der Waals surface area (Å²) in [5, 5.41) is 7.94. The van der Waals surface area contributed by atoms with Gasteiger partial charge in [0, 0.05) is 86.6 Å². The molecular weight excluding hydrogens is 450 g/mol. The highest BCUT2D eigenvalue weighted by Gasteiger charge is 2.15. The van der Waals surface area contributed by atoms with E-state index in [4.69, 9.17) is 0 Å². The molecule has 3 aromatic heterocycles. The Morgan fingerprint density at radius 1 is 0.378 bits per heavy atom. The second kappa shape index (κ2) is 7.27. The molecule has 0 amide bonds. The van der Waals surface area contributed by atoms with Gasteiger partial charge in [-0.05, 0) is 66.1 Å². The van der Waals surface area contributed by atoms with Gasteiger partial charge >= 0.3 is 0 Å². The van der Waals surface area contributed by atoms with Crippen molar-refractivity contribution in [3.05, 3.63) is 108 Å². The van der Waals surface area contributed by atoms with Crippen LogP contribution in [0.15, 0.2) is 97.1 Å². The van der Waals surface area contributed by atoms with Crippen LogP contribution in [0, 0.1) is 0 Å². The molecule has 0 fully saturated rings. The van der Waals surface area contributed by atoms with Gasteiger partial charge in [0.1, 0.15) is 0 Å². The minimum Gasteiger partial charge on any atom is -0.344 e. The molecule has 0 bridgehead atoms. The maximum absolute atomic E-state index is 2.40. The van der Waals surface area contributed by atoms with Crippen molar-refractivity contribution in [1.82, 2.24) is 13.7 Å². The Morgan fingerprint density at radius 3 is 1.30 bits per heavy atom. The van der Waals surface area contributed by atoms with Crippen molar-refractivity contribution in [2.24, 2.45) is 21.1 Å². The summed E-state index contributed by atoms with van der Waals surface area (Å²) in [5.74, 6) is 0. The van der Waals surface area contributed by atoms with E-state index >= 15 is 0 Å². The lowest BCUT2D eigenvalue weighted by atomic mass is 10.0. The van der Waals surface area contributed by atoms with Gasteiger partial charge in [-0.3, -0.25) is 0 Å². The summed E-state index contributed by atoms with van der Waals surface area (Å²) in [4.78, 5) is 0. The van der Waals surface area contributed by atoms with Crippen molar-refractivity contribution >= 4 is 65.4 Å². The molecule has 0 saturated carbocycles. The van der Waals surface area contributed by atoms with E-state index in [0.717, 1.165) is 6.42 Å². The zero-order valence-electron chi connectivity index (χ0n) is 21.3. The number of hydrogen-bond acceptors (Lipinski definition) is 0. The standard InChI is InChI=1S/C34H27N3/c1-35-29-10-6-4-8-23(29)25-17-21(12-14-31(25)35)16-22-13-15-32-26(18-22)28-20-33-27(19-34(28)37(32)3)24-9-5-7-11-30(24)36(33)2/h4-15,17-20H,16H2,1-3H3. The number of fused-ring (bicyclic) bond motifs is 9. The zero-order valence-corrected chi connectivity index (χ0v) is 21.3. The van der Waals surface area contributed by atoms with Crippen molar-refractivity contribution in [3.63, 3.8) is 0 Å². The van der Waals surface area contributed by atoms with Gasteiger partial charge in [0.05, 0.1) is 0 Å². The lowest BCUT2D eigenvalue weighted by Crippen LogP contribution is -1.90. The van der Waals surface area contributed by atoms with Crippen LogP contribution in [0.3, 0.4) is 0 Å². The third kappa shape index (κ3) is 2.77. The molecule has 0 N–H and O–H groups in total. The van der Waals surface area contributed by atoms with Gasteiger partial charge in [-0.25, -0.2) is 0 Å². The van der Waals surface area contributed by atoms with Crippen molar-refractivity contribution in [2.45, 2.75) is 6.42 Å². The predicted molar refractivity (Wildman–Crippen MR) is 158 cm³/mol. The van der Waals surface area contributed by atoms with E-state index in [0.29, 0.717) is 0 Å². The minimum absolute atomic E-state index is 0.918. The summed E-state index contributed by atoms with van der Waals surface area (Å²) in [6.45, 7) is 0. The first-order chi connectivity index (χ1) is 18.1. The molecule has 0 spiro atoms. The van der Waals surface area contributed by atoms with Gasteiger partial charge < -0.3 is 13.7 Å². The van der Waals surface area contributed by atoms with Crippen LogP contribution in [0.4, 0.5) is 0 Å². The van der Waals surface area contributed by atoms with Gasteiger partial charge in [-0.2, -0.15) is 0 Å². The smallest absolute Gasteiger partial charge is 0.0496 e. The molecule has 0 aliphatic rings. The Labute approximate surface area is 214 Å². The molecule has 0 radical (unpaired) electrons. The molecule has 8 rings (SSSR count). The average Bonchev–Trinajstić information content (AvgIpc) is 3.49. The first kappa shape index (κ1) is 20.7. The fourth-order valence-electron chi connectivity index (χ4n) is 6.58. The Bertz CT molecular complexity index is 2200.